The molecule has 2 heteroatoms. The monoisotopic (exact) mass is 509 g/mol. The van der Waals surface area contributed by atoms with Crippen LogP contribution in [0, 0.1) is 0 Å². The Balaban J connectivity index is 1.38. The van der Waals surface area contributed by atoms with Crippen molar-refractivity contribution in [3.8, 4) is 5.69 Å². The van der Waals surface area contributed by atoms with E-state index in [-0.39, 0.29) is 11.8 Å². The van der Waals surface area contributed by atoms with Gasteiger partial charge in [0, 0.05) is 28.0 Å². The van der Waals surface area contributed by atoms with Gasteiger partial charge in [0.1, 0.15) is 11.2 Å². The predicted octanol–water partition coefficient (Wildman–Crippen LogP) is 9.67. The van der Waals surface area contributed by atoms with Crippen molar-refractivity contribution in [2.24, 2.45) is 0 Å². The molecule has 2 nitrogen and oxygen atoms in total. The maximum absolute atomic E-state index is 6.31. The highest BCUT2D eigenvalue weighted by atomic mass is 16.3. The molecule has 3 aliphatic carbocycles. The van der Waals surface area contributed by atoms with Crippen LogP contribution in [0.5, 0.6) is 0 Å². The molecule has 0 saturated heterocycles. The molecule has 40 heavy (non-hydrogen) atoms. The van der Waals surface area contributed by atoms with E-state index in [2.05, 4.69) is 126 Å². The lowest BCUT2D eigenvalue weighted by atomic mass is 9.60. The summed E-state index contributed by atoms with van der Waals surface area (Å²) in [6.45, 7) is 0. The van der Waals surface area contributed by atoms with E-state index in [1.807, 2.05) is 6.07 Å². The van der Waals surface area contributed by atoms with Gasteiger partial charge in [0.05, 0.1) is 22.1 Å². The number of aromatic nitrogens is 1. The summed E-state index contributed by atoms with van der Waals surface area (Å²) < 4.78 is 8.78. The Kier molecular flexibility index (Phi) is 3.81. The lowest BCUT2D eigenvalue weighted by Crippen LogP contribution is -2.27. The molecule has 0 unspecified atom stereocenters. The average Bonchev–Trinajstić information content (AvgIpc) is 3.57. The van der Waals surface area contributed by atoms with Crippen LogP contribution in [0.3, 0.4) is 0 Å². The topological polar surface area (TPSA) is 18.1 Å². The number of fused-ring (bicyclic) bond motifs is 6. The molecule has 0 spiro atoms. The van der Waals surface area contributed by atoms with E-state index in [0.717, 1.165) is 27.6 Å². The summed E-state index contributed by atoms with van der Waals surface area (Å²) in [5.74, 6) is 0.487. The van der Waals surface area contributed by atoms with Gasteiger partial charge in [-0.25, -0.2) is 0 Å². The Hall–Kier alpha value is -5.08. The molecule has 2 heterocycles. The summed E-state index contributed by atoms with van der Waals surface area (Å²) in [7, 11) is 0. The van der Waals surface area contributed by atoms with E-state index in [1.54, 1.807) is 0 Å². The maximum Gasteiger partial charge on any atom is 0.137 e. The normalized spacial score (nSPS) is 17.0. The van der Waals surface area contributed by atoms with E-state index in [9.17, 15) is 0 Å². The molecule has 0 aliphatic heterocycles. The second-order valence-electron chi connectivity index (χ2n) is 11.2. The van der Waals surface area contributed by atoms with Gasteiger partial charge in [-0.2, -0.15) is 0 Å². The summed E-state index contributed by atoms with van der Waals surface area (Å²) in [5.41, 5.74) is 14.2. The standard InChI is InChI=1S/C38H23NO/c1-3-12-24-22(10-1)34-23-11-2-4-13-25(23)35(24)38-28(34)20-21-31-37(38)26-14-5-7-16-29(26)39(31)30-17-9-19-33-36(30)27-15-6-8-18-32(27)40-33/h1-21,34-35H. The van der Waals surface area contributed by atoms with E-state index >= 15 is 0 Å². The van der Waals surface area contributed by atoms with Crippen LogP contribution >= 0.6 is 0 Å². The number of rotatable bonds is 1. The third-order valence-electron chi connectivity index (χ3n) is 9.37. The molecule has 186 valence electrons. The van der Waals surface area contributed by atoms with Gasteiger partial charge in [-0.15, -0.1) is 0 Å². The Morgan fingerprint density at radius 1 is 0.425 bits per heavy atom. The molecule has 2 aromatic heterocycles. The molecule has 0 radical (unpaired) electrons. The smallest absolute Gasteiger partial charge is 0.137 e. The number of hydrogen-bond acceptors (Lipinski definition) is 1. The number of benzene rings is 6. The molecule has 2 bridgehead atoms. The van der Waals surface area contributed by atoms with Crippen molar-refractivity contribution in [3.05, 3.63) is 161 Å². The first-order chi connectivity index (χ1) is 19.9. The third-order valence-corrected chi connectivity index (χ3v) is 9.37. The van der Waals surface area contributed by atoms with Crippen LogP contribution in [0.4, 0.5) is 0 Å². The quantitative estimate of drug-likeness (QED) is 0.215. The van der Waals surface area contributed by atoms with E-state index < -0.39 is 0 Å². The van der Waals surface area contributed by atoms with Crippen LogP contribution < -0.4 is 0 Å². The van der Waals surface area contributed by atoms with Gasteiger partial charge in [-0.05, 0) is 63.7 Å². The van der Waals surface area contributed by atoms with Crippen molar-refractivity contribution in [2.45, 2.75) is 11.8 Å². The van der Waals surface area contributed by atoms with Crippen molar-refractivity contribution < 1.29 is 4.42 Å². The first-order valence-corrected chi connectivity index (χ1v) is 14.0. The fraction of sp³-hybridized carbons (Fsp3) is 0.0526. The molecule has 0 atom stereocenters. The Bertz CT molecular complexity index is 2300. The number of nitrogens with zero attached hydrogens (tertiary/aromatic N) is 1. The van der Waals surface area contributed by atoms with Crippen LogP contribution in [0.2, 0.25) is 0 Å². The predicted molar refractivity (Wildman–Crippen MR) is 163 cm³/mol. The number of furan rings is 1. The van der Waals surface area contributed by atoms with Gasteiger partial charge in [-0.1, -0.05) is 97.1 Å². The Morgan fingerprint density at radius 2 is 1.05 bits per heavy atom. The van der Waals surface area contributed by atoms with Crippen molar-refractivity contribution in [3.63, 3.8) is 0 Å². The van der Waals surface area contributed by atoms with Gasteiger partial charge in [0.25, 0.3) is 0 Å². The first kappa shape index (κ1) is 20.8. The van der Waals surface area contributed by atoms with Crippen LogP contribution in [0.15, 0.2) is 132 Å². The van der Waals surface area contributed by atoms with Gasteiger partial charge in [0.15, 0.2) is 0 Å². The Labute approximate surface area is 230 Å². The summed E-state index contributed by atoms with van der Waals surface area (Å²) in [5, 5.41) is 4.99. The minimum Gasteiger partial charge on any atom is -0.456 e. The van der Waals surface area contributed by atoms with Crippen molar-refractivity contribution >= 4 is 43.7 Å². The number of hydrogen-bond donors (Lipinski definition) is 0. The SMILES string of the molecule is c1ccc2c(c1)C1c3ccccc3C2c2c1ccc1c2c2ccccc2n1-c1cccc2oc3ccccc3c12. The zero-order valence-corrected chi connectivity index (χ0v) is 21.6. The van der Waals surface area contributed by atoms with Gasteiger partial charge in [-0.3, -0.25) is 0 Å². The minimum atomic E-state index is 0.223. The largest absolute Gasteiger partial charge is 0.456 e. The van der Waals surface area contributed by atoms with E-state index in [0.29, 0.717) is 0 Å². The molecule has 11 rings (SSSR count). The first-order valence-electron chi connectivity index (χ1n) is 14.0. The number of para-hydroxylation sites is 2. The van der Waals surface area contributed by atoms with Crippen LogP contribution in [0.25, 0.3) is 49.4 Å². The molecule has 8 aromatic rings. The third kappa shape index (κ3) is 2.41. The van der Waals surface area contributed by atoms with Crippen molar-refractivity contribution in [1.29, 1.82) is 0 Å². The van der Waals surface area contributed by atoms with E-state index in [4.69, 9.17) is 4.42 Å². The highest BCUT2D eigenvalue weighted by Gasteiger charge is 2.42. The Morgan fingerprint density at radius 3 is 1.82 bits per heavy atom. The lowest BCUT2D eigenvalue weighted by molar-refractivity contribution is 0.669. The highest BCUT2D eigenvalue weighted by Crippen LogP contribution is 2.58. The summed E-state index contributed by atoms with van der Waals surface area (Å²) in [6.07, 6.45) is 0. The second kappa shape index (κ2) is 7.31. The molecule has 6 aromatic carbocycles. The fourth-order valence-corrected chi connectivity index (χ4v) is 7.92. The van der Waals surface area contributed by atoms with E-state index in [1.165, 1.54) is 55.2 Å². The maximum atomic E-state index is 6.31. The highest BCUT2D eigenvalue weighted by molar-refractivity contribution is 6.16. The molecular formula is C38H23NO. The molecule has 0 fully saturated rings. The summed E-state index contributed by atoms with van der Waals surface area (Å²) in [4.78, 5) is 0. The summed E-state index contributed by atoms with van der Waals surface area (Å²) in [6, 6.07) is 46.7. The van der Waals surface area contributed by atoms with Gasteiger partial charge < -0.3 is 8.98 Å². The summed E-state index contributed by atoms with van der Waals surface area (Å²) >= 11 is 0. The molecule has 3 aliphatic rings. The lowest BCUT2D eigenvalue weighted by Gasteiger charge is -2.42. The molecular weight excluding hydrogens is 486 g/mol. The average molecular weight is 510 g/mol. The van der Waals surface area contributed by atoms with Crippen LogP contribution in [-0.2, 0) is 0 Å². The zero-order valence-electron chi connectivity index (χ0n) is 21.6. The van der Waals surface area contributed by atoms with Gasteiger partial charge >= 0.3 is 0 Å². The fourth-order valence-electron chi connectivity index (χ4n) is 7.92. The van der Waals surface area contributed by atoms with Gasteiger partial charge in [0.2, 0.25) is 0 Å². The zero-order chi connectivity index (χ0) is 25.9. The van der Waals surface area contributed by atoms with Crippen LogP contribution in [-0.4, -0.2) is 4.57 Å². The molecule has 0 amide bonds. The van der Waals surface area contributed by atoms with Crippen molar-refractivity contribution in [1.82, 2.24) is 4.57 Å². The van der Waals surface area contributed by atoms with Crippen LogP contribution in [0.1, 0.15) is 45.2 Å². The van der Waals surface area contributed by atoms with Crippen molar-refractivity contribution in [2.75, 3.05) is 0 Å². The minimum absolute atomic E-state index is 0.223. The molecule has 0 N–H and O–H groups in total. The molecule has 0 saturated carbocycles. The second-order valence-corrected chi connectivity index (χ2v) is 11.2.